The van der Waals surface area contributed by atoms with E-state index in [0.717, 1.165) is 5.56 Å². The molecule has 2 rings (SSSR count). The van der Waals surface area contributed by atoms with Gasteiger partial charge in [0.25, 0.3) is 0 Å². The Balaban J connectivity index is 2.04. The van der Waals surface area contributed by atoms with Gasteiger partial charge in [0.2, 0.25) is 15.9 Å². The van der Waals surface area contributed by atoms with Gasteiger partial charge in [-0.1, -0.05) is 5.16 Å². The van der Waals surface area contributed by atoms with Crippen LogP contribution in [0.5, 0.6) is 0 Å². The van der Waals surface area contributed by atoms with Gasteiger partial charge in [-0.25, -0.2) is 12.7 Å². The Labute approximate surface area is 124 Å². The van der Waals surface area contributed by atoms with Crippen molar-refractivity contribution < 1.29 is 17.7 Å². The molecule has 1 amide bonds. The first kappa shape index (κ1) is 16.0. The molecule has 2 heterocycles. The lowest BCUT2D eigenvalue weighted by Crippen LogP contribution is -2.44. The maximum absolute atomic E-state index is 12.3. The van der Waals surface area contributed by atoms with Crippen LogP contribution in [-0.2, 0) is 14.8 Å². The standard InChI is InChI=1S/C13H21N3O4S/c1-4-21(18,19)16-7-5-6-11(8-16)13(17)14-12-9(2)10(3)20-15-12/h11H,4-8H2,1-3H3,(H,14,15,17). The molecule has 1 aliphatic heterocycles. The van der Waals surface area contributed by atoms with Gasteiger partial charge in [-0.2, -0.15) is 0 Å². The highest BCUT2D eigenvalue weighted by molar-refractivity contribution is 7.89. The summed E-state index contributed by atoms with van der Waals surface area (Å²) in [5.41, 5.74) is 0.789. The fourth-order valence-corrected chi connectivity index (χ4v) is 3.52. The number of aromatic nitrogens is 1. The van der Waals surface area contributed by atoms with Crippen molar-refractivity contribution in [2.24, 2.45) is 5.92 Å². The maximum atomic E-state index is 12.3. The lowest BCUT2D eigenvalue weighted by atomic mass is 9.99. The number of piperidine rings is 1. The van der Waals surface area contributed by atoms with E-state index in [0.29, 0.717) is 31.0 Å². The first-order valence-corrected chi connectivity index (χ1v) is 8.67. The largest absolute Gasteiger partial charge is 0.359 e. The number of nitrogens with one attached hydrogen (secondary N) is 1. The van der Waals surface area contributed by atoms with Crippen LogP contribution in [0.4, 0.5) is 5.82 Å². The van der Waals surface area contributed by atoms with Crippen LogP contribution in [0.25, 0.3) is 0 Å². The third-order valence-electron chi connectivity index (χ3n) is 3.91. The van der Waals surface area contributed by atoms with Crippen LogP contribution in [0.2, 0.25) is 0 Å². The van der Waals surface area contributed by atoms with Gasteiger partial charge in [-0.15, -0.1) is 0 Å². The predicted molar refractivity (Wildman–Crippen MR) is 78.4 cm³/mol. The normalized spacial score (nSPS) is 20.4. The third-order valence-corrected chi connectivity index (χ3v) is 5.76. The number of hydrogen-bond donors (Lipinski definition) is 1. The van der Waals surface area contributed by atoms with E-state index < -0.39 is 10.0 Å². The van der Waals surface area contributed by atoms with E-state index in [-0.39, 0.29) is 24.1 Å². The quantitative estimate of drug-likeness (QED) is 0.904. The van der Waals surface area contributed by atoms with Gasteiger partial charge in [-0.05, 0) is 33.6 Å². The van der Waals surface area contributed by atoms with E-state index in [1.54, 1.807) is 13.8 Å². The zero-order valence-corrected chi connectivity index (χ0v) is 13.4. The fraction of sp³-hybridized carbons (Fsp3) is 0.692. The van der Waals surface area contributed by atoms with Crippen LogP contribution >= 0.6 is 0 Å². The van der Waals surface area contributed by atoms with Crippen molar-refractivity contribution in [1.82, 2.24) is 9.46 Å². The highest BCUT2D eigenvalue weighted by Crippen LogP contribution is 2.22. The molecule has 1 aromatic rings. The minimum absolute atomic E-state index is 0.0585. The van der Waals surface area contributed by atoms with Gasteiger partial charge < -0.3 is 9.84 Å². The molecule has 1 atom stereocenters. The van der Waals surface area contributed by atoms with E-state index in [1.165, 1.54) is 4.31 Å². The SMILES string of the molecule is CCS(=O)(=O)N1CCCC(C(=O)Nc2noc(C)c2C)C1. The molecule has 0 radical (unpaired) electrons. The van der Waals surface area contributed by atoms with E-state index in [2.05, 4.69) is 10.5 Å². The topological polar surface area (TPSA) is 92.5 Å². The number of hydrogen-bond acceptors (Lipinski definition) is 5. The Hall–Kier alpha value is -1.41. The smallest absolute Gasteiger partial charge is 0.230 e. The lowest BCUT2D eigenvalue weighted by molar-refractivity contribution is -0.120. The lowest BCUT2D eigenvalue weighted by Gasteiger charge is -2.30. The summed E-state index contributed by atoms with van der Waals surface area (Å²) in [6, 6.07) is 0. The van der Waals surface area contributed by atoms with E-state index >= 15 is 0 Å². The number of anilines is 1. The molecule has 7 nitrogen and oxygen atoms in total. The van der Waals surface area contributed by atoms with Crippen LogP contribution in [0.15, 0.2) is 4.52 Å². The van der Waals surface area contributed by atoms with Gasteiger partial charge in [0.05, 0.1) is 11.7 Å². The van der Waals surface area contributed by atoms with Crippen LogP contribution in [0.3, 0.4) is 0 Å². The molecule has 0 saturated carbocycles. The van der Waals surface area contributed by atoms with E-state index in [9.17, 15) is 13.2 Å². The molecule has 1 N–H and O–H groups in total. The summed E-state index contributed by atoms with van der Waals surface area (Å²) in [5.74, 6) is 0.569. The molecule has 21 heavy (non-hydrogen) atoms. The van der Waals surface area contributed by atoms with Gasteiger partial charge in [0.15, 0.2) is 5.82 Å². The number of amides is 1. The third kappa shape index (κ3) is 3.44. The van der Waals surface area contributed by atoms with Crippen molar-refractivity contribution in [2.75, 3.05) is 24.2 Å². The second-order valence-corrected chi connectivity index (χ2v) is 7.56. The van der Waals surface area contributed by atoms with Crippen molar-refractivity contribution in [3.63, 3.8) is 0 Å². The summed E-state index contributed by atoms with van der Waals surface area (Å²) in [5, 5.41) is 6.52. The van der Waals surface area contributed by atoms with Gasteiger partial charge in [0.1, 0.15) is 5.76 Å². The molecule has 1 aliphatic rings. The molecule has 1 fully saturated rings. The number of carbonyl (C=O) groups excluding carboxylic acids is 1. The van der Waals surface area contributed by atoms with Crippen molar-refractivity contribution in [1.29, 1.82) is 0 Å². The average molecular weight is 315 g/mol. The zero-order valence-electron chi connectivity index (χ0n) is 12.5. The molecule has 0 bridgehead atoms. The molecule has 1 aromatic heterocycles. The minimum Gasteiger partial charge on any atom is -0.359 e. The molecule has 1 unspecified atom stereocenters. The minimum atomic E-state index is -3.25. The Bertz CT molecular complexity index is 623. The molecular formula is C13H21N3O4S. The molecule has 1 saturated heterocycles. The summed E-state index contributed by atoms with van der Waals surface area (Å²) in [6.45, 7) is 5.92. The van der Waals surface area contributed by atoms with Crippen LogP contribution < -0.4 is 5.32 Å². The molecule has 0 spiro atoms. The Kier molecular flexibility index (Phi) is 4.67. The first-order chi connectivity index (χ1) is 9.85. The summed E-state index contributed by atoms with van der Waals surface area (Å²) in [4.78, 5) is 12.3. The molecule has 8 heteroatoms. The highest BCUT2D eigenvalue weighted by atomic mass is 32.2. The monoisotopic (exact) mass is 315 g/mol. The van der Waals surface area contributed by atoms with Crippen molar-refractivity contribution in [3.05, 3.63) is 11.3 Å². The van der Waals surface area contributed by atoms with Crippen LogP contribution in [0, 0.1) is 19.8 Å². The highest BCUT2D eigenvalue weighted by Gasteiger charge is 2.31. The Morgan fingerprint density at radius 3 is 2.76 bits per heavy atom. The fourth-order valence-electron chi connectivity index (χ4n) is 2.34. The predicted octanol–water partition coefficient (Wildman–Crippen LogP) is 1.29. The first-order valence-electron chi connectivity index (χ1n) is 7.06. The van der Waals surface area contributed by atoms with Crippen LogP contribution in [-0.4, -0.2) is 42.6 Å². The van der Waals surface area contributed by atoms with Crippen molar-refractivity contribution >= 4 is 21.7 Å². The second-order valence-electron chi connectivity index (χ2n) is 5.30. The zero-order chi connectivity index (χ0) is 15.6. The molecule has 0 aliphatic carbocycles. The van der Waals surface area contributed by atoms with Crippen molar-refractivity contribution in [3.8, 4) is 0 Å². The summed E-state index contributed by atoms with van der Waals surface area (Å²) in [6.07, 6.45) is 1.37. The van der Waals surface area contributed by atoms with Crippen molar-refractivity contribution in [2.45, 2.75) is 33.6 Å². The van der Waals surface area contributed by atoms with Gasteiger partial charge in [0, 0.05) is 18.7 Å². The van der Waals surface area contributed by atoms with Gasteiger partial charge >= 0.3 is 0 Å². The average Bonchev–Trinajstić information content (AvgIpc) is 2.79. The number of aryl methyl sites for hydroxylation is 1. The second kappa shape index (κ2) is 6.15. The number of nitrogens with zero attached hydrogens (tertiary/aromatic N) is 2. The number of rotatable bonds is 4. The summed E-state index contributed by atoms with van der Waals surface area (Å²) >= 11 is 0. The number of sulfonamides is 1. The van der Waals surface area contributed by atoms with E-state index in [1.807, 2.05) is 6.92 Å². The van der Waals surface area contributed by atoms with E-state index in [4.69, 9.17) is 4.52 Å². The maximum Gasteiger partial charge on any atom is 0.230 e. The molecule has 0 aromatic carbocycles. The summed E-state index contributed by atoms with van der Waals surface area (Å²) < 4.78 is 30.2. The Morgan fingerprint density at radius 1 is 1.48 bits per heavy atom. The molecular weight excluding hydrogens is 294 g/mol. The molecule has 118 valence electrons. The number of carbonyl (C=O) groups is 1. The Morgan fingerprint density at radius 2 is 2.19 bits per heavy atom. The summed E-state index contributed by atoms with van der Waals surface area (Å²) in [7, 11) is -3.25. The van der Waals surface area contributed by atoms with Gasteiger partial charge in [-0.3, -0.25) is 4.79 Å². The van der Waals surface area contributed by atoms with Crippen LogP contribution in [0.1, 0.15) is 31.1 Å².